The SMILES string of the molecule is COc1cc(C)c(Cl)cc1C(=O)C1CCCCN1. The van der Waals surface area contributed by atoms with E-state index in [1.165, 1.54) is 0 Å². The molecule has 1 atom stereocenters. The summed E-state index contributed by atoms with van der Waals surface area (Å²) >= 11 is 6.10. The number of nitrogens with one attached hydrogen (secondary N) is 1. The summed E-state index contributed by atoms with van der Waals surface area (Å²) in [7, 11) is 1.58. The fourth-order valence-corrected chi connectivity index (χ4v) is 2.44. The summed E-state index contributed by atoms with van der Waals surface area (Å²) < 4.78 is 5.29. The second kappa shape index (κ2) is 5.72. The van der Waals surface area contributed by atoms with Gasteiger partial charge in [-0.05, 0) is 44.0 Å². The predicted octanol–water partition coefficient (Wildman–Crippen LogP) is 2.98. The molecule has 3 nitrogen and oxygen atoms in total. The largest absolute Gasteiger partial charge is 0.496 e. The molecule has 1 fully saturated rings. The summed E-state index contributed by atoms with van der Waals surface area (Å²) in [6.45, 7) is 2.80. The Morgan fingerprint density at radius 1 is 1.44 bits per heavy atom. The molecule has 0 spiro atoms. The maximum atomic E-state index is 12.4. The fourth-order valence-electron chi connectivity index (χ4n) is 2.28. The minimum absolute atomic E-state index is 0.0773. The number of Topliss-reactive ketones (excluding diaryl/α,β-unsaturated/α-hetero) is 1. The van der Waals surface area contributed by atoms with Crippen LogP contribution >= 0.6 is 11.6 Å². The average molecular weight is 268 g/mol. The Morgan fingerprint density at radius 3 is 2.83 bits per heavy atom. The molecule has 18 heavy (non-hydrogen) atoms. The van der Waals surface area contributed by atoms with Crippen molar-refractivity contribution < 1.29 is 9.53 Å². The molecule has 1 aromatic rings. The van der Waals surface area contributed by atoms with Crippen molar-refractivity contribution in [2.45, 2.75) is 32.2 Å². The number of halogens is 1. The summed E-state index contributed by atoms with van der Waals surface area (Å²) in [5.41, 5.74) is 1.49. The molecule has 2 rings (SSSR count). The molecular weight excluding hydrogens is 250 g/mol. The number of hydrogen-bond acceptors (Lipinski definition) is 3. The molecule has 1 aliphatic heterocycles. The fraction of sp³-hybridized carbons (Fsp3) is 0.500. The van der Waals surface area contributed by atoms with Crippen LogP contribution in [0.3, 0.4) is 0 Å². The zero-order valence-electron chi connectivity index (χ0n) is 10.8. The average Bonchev–Trinajstić information content (AvgIpc) is 2.41. The first-order chi connectivity index (χ1) is 8.63. The zero-order valence-corrected chi connectivity index (χ0v) is 11.5. The van der Waals surface area contributed by atoms with Gasteiger partial charge >= 0.3 is 0 Å². The number of ketones is 1. The Hall–Kier alpha value is -1.06. The van der Waals surface area contributed by atoms with E-state index in [0.29, 0.717) is 16.3 Å². The van der Waals surface area contributed by atoms with Gasteiger partial charge in [-0.2, -0.15) is 0 Å². The second-order valence-corrected chi connectivity index (χ2v) is 5.08. The first-order valence-electron chi connectivity index (χ1n) is 6.25. The number of ether oxygens (including phenoxy) is 1. The van der Waals surface area contributed by atoms with Gasteiger partial charge in [0.2, 0.25) is 0 Å². The number of hydrogen-bond donors (Lipinski definition) is 1. The van der Waals surface area contributed by atoms with Gasteiger partial charge < -0.3 is 10.1 Å². The summed E-state index contributed by atoms with van der Waals surface area (Å²) in [6.07, 6.45) is 3.11. The van der Waals surface area contributed by atoms with E-state index in [9.17, 15) is 4.79 Å². The molecule has 1 unspecified atom stereocenters. The standard InChI is InChI=1S/C14H18ClNO2/c1-9-7-13(18-2)10(8-11(9)15)14(17)12-5-3-4-6-16-12/h7-8,12,16H,3-6H2,1-2H3. The lowest BCUT2D eigenvalue weighted by molar-refractivity contribution is 0.0924. The van der Waals surface area contributed by atoms with E-state index in [4.69, 9.17) is 16.3 Å². The van der Waals surface area contributed by atoms with Crippen molar-refractivity contribution >= 4 is 17.4 Å². The smallest absolute Gasteiger partial charge is 0.183 e. The van der Waals surface area contributed by atoms with Gasteiger partial charge in [0, 0.05) is 5.02 Å². The van der Waals surface area contributed by atoms with E-state index in [1.807, 2.05) is 13.0 Å². The Morgan fingerprint density at radius 2 is 2.22 bits per heavy atom. The lowest BCUT2D eigenvalue weighted by Crippen LogP contribution is -2.40. The van der Waals surface area contributed by atoms with Gasteiger partial charge in [0.15, 0.2) is 5.78 Å². The number of methoxy groups -OCH3 is 1. The zero-order chi connectivity index (χ0) is 13.1. The van der Waals surface area contributed by atoms with Crippen LogP contribution in [0.15, 0.2) is 12.1 Å². The minimum Gasteiger partial charge on any atom is -0.496 e. The second-order valence-electron chi connectivity index (χ2n) is 4.67. The predicted molar refractivity (Wildman–Crippen MR) is 72.7 cm³/mol. The quantitative estimate of drug-likeness (QED) is 0.856. The number of piperidine rings is 1. The summed E-state index contributed by atoms with van der Waals surface area (Å²) in [6, 6.07) is 3.43. The van der Waals surface area contributed by atoms with Crippen LogP contribution in [0.5, 0.6) is 5.75 Å². The van der Waals surface area contributed by atoms with Gasteiger partial charge in [-0.1, -0.05) is 18.0 Å². The van der Waals surface area contributed by atoms with E-state index in [0.717, 1.165) is 31.4 Å². The van der Waals surface area contributed by atoms with Crippen molar-refractivity contribution in [2.75, 3.05) is 13.7 Å². The van der Waals surface area contributed by atoms with Gasteiger partial charge in [0.25, 0.3) is 0 Å². The molecule has 1 saturated heterocycles. The van der Waals surface area contributed by atoms with Crippen LogP contribution in [0.25, 0.3) is 0 Å². The first-order valence-corrected chi connectivity index (χ1v) is 6.63. The molecule has 4 heteroatoms. The third-order valence-corrected chi connectivity index (χ3v) is 3.78. The van der Waals surface area contributed by atoms with Crippen LogP contribution in [0.4, 0.5) is 0 Å². The lowest BCUT2D eigenvalue weighted by atomic mass is 9.95. The molecule has 0 amide bonds. The minimum atomic E-state index is -0.105. The lowest BCUT2D eigenvalue weighted by Gasteiger charge is -2.23. The van der Waals surface area contributed by atoms with Crippen molar-refractivity contribution in [3.63, 3.8) is 0 Å². The summed E-state index contributed by atoms with van der Waals surface area (Å²) in [4.78, 5) is 12.4. The number of carbonyl (C=O) groups excluding carboxylic acids is 1. The monoisotopic (exact) mass is 267 g/mol. The molecule has 1 aliphatic rings. The van der Waals surface area contributed by atoms with Crippen LogP contribution < -0.4 is 10.1 Å². The van der Waals surface area contributed by atoms with Crippen LogP contribution in [0, 0.1) is 6.92 Å². The van der Waals surface area contributed by atoms with E-state index in [-0.39, 0.29) is 11.8 Å². The molecule has 0 radical (unpaired) electrons. The maximum Gasteiger partial charge on any atom is 0.183 e. The highest BCUT2D eigenvalue weighted by molar-refractivity contribution is 6.31. The van der Waals surface area contributed by atoms with E-state index in [1.54, 1.807) is 13.2 Å². The highest BCUT2D eigenvalue weighted by atomic mass is 35.5. The van der Waals surface area contributed by atoms with E-state index in [2.05, 4.69) is 5.32 Å². The van der Waals surface area contributed by atoms with Crippen LogP contribution in [-0.2, 0) is 0 Å². The number of aryl methyl sites for hydroxylation is 1. The molecule has 98 valence electrons. The van der Waals surface area contributed by atoms with Gasteiger partial charge in [0.1, 0.15) is 5.75 Å². The molecule has 0 aromatic heterocycles. The van der Waals surface area contributed by atoms with Crippen LogP contribution in [0.2, 0.25) is 5.02 Å². The van der Waals surface area contributed by atoms with Gasteiger partial charge in [-0.3, -0.25) is 4.79 Å². The Bertz CT molecular complexity index is 453. The molecular formula is C14H18ClNO2. The third-order valence-electron chi connectivity index (χ3n) is 3.37. The molecule has 0 saturated carbocycles. The third kappa shape index (κ3) is 2.68. The van der Waals surface area contributed by atoms with Gasteiger partial charge in [0.05, 0.1) is 18.7 Å². The van der Waals surface area contributed by atoms with E-state index < -0.39 is 0 Å². The highest BCUT2D eigenvalue weighted by Crippen LogP contribution is 2.28. The number of carbonyl (C=O) groups is 1. The highest BCUT2D eigenvalue weighted by Gasteiger charge is 2.25. The molecule has 1 aromatic carbocycles. The van der Waals surface area contributed by atoms with Crippen molar-refractivity contribution in [1.82, 2.24) is 5.32 Å². The van der Waals surface area contributed by atoms with Gasteiger partial charge in [-0.25, -0.2) is 0 Å². The van der Waals surface area contributed by atoms with E-state index >= 15 is 0 Å². The molecule has 0 aliphatic carbocycles. The van der Waals surface area contributed by atoms with Crippen molar-refractivity contribution in [1.29, 1.82) is 0 Å². The number of benzene rings is 1. The maximum absolute atomic E-state index is 12.4. The normalized spacial score (nSPS) is 19.6. The van der Waals surface area contributed by atoms with Gasteiger partial charge in [-0.15, -0.1) is 0 Å². The topological polar surface area (TPSA) is 38.3 Å². The van der Waals surface area contributed by atoms with Crippen molar-refractivity contribution in [3.05, 3.63) is 28.3 Å². The summed E-state index contributed by atoms with van der Waals surface area (Å²) in [5.74, 6) is 0.683. The van der Waals surface area contributed by atoms with Crippen LogP contribution in [0.1, 0.15) is 35.2 Å². The molecule has 1 N–H and O–H groups in total. The number of rotatable bonds is 3. The summed E-state index contributed by atoms with van der Waals surface area (Å²) in [5, 5.41) is 3.86. The van der Waals surface area contributed by atoms with Crippen molar-refractivity contribution in [2.24, 2.45) is 0 Å². The Kier molecular flexibility index (Phi) is 4.25. The molecule has 1 heterocycles. The Balaban J connectivity index is 2.31. The Labute approximate surface area is 112 Å². The van der Waals surface area contributed by atoms with Crippen molar-refractivity contribution in [3.8, 4) is 5.75 Å². The first kappa shape index (κ1) is 13.4. The molecule has 0 bridgehead atoms. The van der Waals surface area contributed by atoms with Crippen LogP contribution in [-0.4, -0.2) is 25.5 Å².